The Morgan fingerprint density at radius 3 is 1.17 bits per heavy atom. The van der Waals surface area contributed by atoms with E-state index in [1.165, 1.54) is 77.0 Å². The second-order valence-corrected chi connectivity index (χ2v) is 11.5. The summed E-state index contributed by atoms with van der Waals surface area (Å²) in [6.07, 6.45) is 17.1. The average molecular weight is 522 g/mol. The van der Waals surface area contributed by atoms with Crippen molar-refractivity contribution in [2.24, 2.45) is 35.5 Å². The third kappa shape index (κ3) is 15.2. The molecule has 0 heterocycles. The first-order chi connectivity index (χ1) is 13.7. The van der Waals surface area contributed by atoms with Crippen LogP contribution in [0.1, 0.15) is 132 Å². The van der Waals surface area contributed by atoms with E-state index < -0.39 is 0 Å². The maximum atomic E-state index is 3.36. The highest BCUT2D eigenvalue weighted by Crippen LogP contribution is 2.29. The Hall–Kier alpha value is 0.690. The summed E-state index contributed by atoms with van der Waals surface area (Å²) < 4.78 is 3.36. The van der Waals surface area contributed by atoms with E-state index in [-0.39, 0.29) is 0 Å². The van der Waals surface area contributed by atoms with Crippen LogP contribution in [0.15, 0.2) is 0 Å². The van der Waals surface area contributed by atoms with Gasteiger partial charge >= 0.3 is 0 Å². The lowest BCUT2D eigenvalue weighted by Crippen LogP contribution is -2.24. The first-order valence-corrected chi connectivity index (χ1v) is 14.1. The molecule has 4 unspecified atom stereocenters. The third-order valence-electron chi connectivity index (χ3n) is 8.10. The van der Waals surface area contributed by atoms with E-state index in [1.54, 1.807) is 0 Å². The molecule has 2 heteroatoms. The quantitative estimate of drug-likeness (QED) is 0.101. The molecule has 0 bridgehead atoms. The standard InChI is InChI=1S/C27H56IN/c1-21(2)22(3)17-13-9-10-14-18-23(4)26(7)24(5)19-15-11-12-16-20-25(6)27(8)29-28/h21-27,29H,9-20H2,1-8H3/t22-,23?,24?,25+,26?,27?/m1/s1. The van der Waals surface area contributed by atoms with Gasteiger partial charge in [-0.05, 0) is 48.9 Å². The van der Waals surface area contributed by atoms with Crippen molar-refractivity contribution in [2.75, 3.05) is 0 Å². The highest BCUT2D eigenvalue weighted by molar-refractivity contribution is 14.1. The van der Waals surface area contributed by atoms with Crippen LogP contribution in [0.25, 0.3) is 0 Å². The minimum absolute atomic E-state index is 0.640. The van der Waals surface area contributed by atoms with Crippen LogP contribution in [0.5, 0.6) is 0 Å². The molecule has 0 aliphatic rings. The highest BCUT2D eigenvalue weighted by Gasteiger charge is 2.18. The molecule has 176 valence electrons. The van der Waals surface area contributed by atoms with Gasteiger partial charge < -0.3 is 0 Å². The van der Waals surface area contributed by atoms with Gasteiger partial charge in [-0.1, -0.05) is 119 Å². The van der Waals surface area contributed by atoms with Crippen LogP contribution in [-0.4, -0.2) is 6.04 Å². The van der Waals surface area contributed by atoms with Crippen LogP contribution < -0.4 is 3.53 Å². The van der Waals surface area contributed by atoms with Crippen LogP contribution in [0, 0.1) is 35.5 Å². The maximum Gasteiger partial charge on any atom is 0.0172 e. The van der Waals surface area contributed by atoms with E-state index in [0.717, 1.165) is 35.5 Å². The van der Waals surface area contributed by atoms with Crippen molar-refractivity contribution in [3.05, 3.63) is 0 Å². The number of hydrogen-bond donors (Lipinski definition) is 1. The molecular formula is C27H56IN. The van der Waals surface area contributed by atoms with Crippen LogP contribution in [0.4, 0.5) is 0 Å². The average Bonchev–Trinajstić information content (AvgIpc) is 2.70. The van der Waals surface area contributed by atoms with Gasteiger partial charge in [0.05, 0.1) is 0 Å². The van der Waals surface area contributed by atoms with Gasteiger partial charge in [0.1, 0.15) is 0 Å². The van der Waals surface area contributed by atoms with Crippen LogP contribution in [0.3, 0.4) is 0 Å². The predicted molar refractivity (Wildman–Crippen MR) is 143 cm³/mol. The SMILES string of the molecule is CC(CCCCCC[C@@H](C)C(C)C)C(C)C(C)CCCCCC[C@H](C)C(C)NI. The molecule has 0 saturated heterocycles. The summed E-state index contributed by atoms with van der Waals surface area (Å²) >= 11 is 2.29. The van der Waals surface area contributed by atoms with Gasteiger partial charge in [-0.15, -0.1) is 0 Å². The van der Waals surface area contributed by atoms with E-state index in [0.29, 0.717) is 6.04 Å². The Kier molecular flexibility index (Phi) is 18.7. The van der Waals surface area contributed by atoms with Crippen LogP contribution >= 0.6 is 22.9 Å². The fourth-order valence-electron chi connectivity index (χ4n) is 4.35. The minimum atomic E-state index is 0.640. The van der Waals surface area contributed by atoms with E-state index in [9.17, 15) is 0 Å². The molecule has 1 nitrogen and oxygen atoms in total. The first-order valence-electron chi connectivity index (χ1n) is 13.1. The van der Waals surface area contributed by atoms with Crippen molar-refractivity contribution in [1.82, 2.24) is 3.53 Å². The zero-order chi connectivity index (χ0) is 22.2. The first kappa shape index (κ1) is 29.7. The Bertz CT molecular complexity index is 356. The van der Waals surface area contributed by atoms with Crippen molar-refractivity contribution in [3.8, 4) is 0 Å². The number of unbranched alkanes of at least 4 members (excludes halogenated alkanes) is 6. The second kappa shape index (κ2) is 18.3. The summed E-state index contributed by atoms with van der Waals surface area (Å²) in [7, 11) is 0. The molecule has 0 rings (SSSR count). The monoisotopic (exact) mass is 521 g/mol. The van der Waals surface area contributed by atoms with Crippen molar-refractivity contribution in [1.29, 1.82) is 0 Å². The minimum Gasteiger partial charge on any atom is -0.258 e. The van der Waals surface area contributed by atoms with Gasteiger partial charge in [0, 0.05) is 28.9 Å². The molecular weight excluding hydrogens is 465 g/mol. The molecule has 0 aliphatic heterocycles. The number of hydrogen-bond acceptors (Lipinski definition) is 1. The maximum absolute atomic E-state index is 3.36. The summed E-state index contributed by atoms with van der Waals surface area (Å²) in [4.78, 5) is 0. The van der Waals surface area contributed by atoms with E-state index in [1.807, 2.05) is 0 Å². The zero-order valence-electron chi connectivity index (χ0n) is 21.4. The largest absolute Gasteiger partial charge is 0.258 e. The molecule has 6 atom stereocenters. The topological polar surface area (TPSA) is 12.0 Å². The molecule has 0 aromatic heterocycles. The predicted octanol–water partition coefficient (Wildman–Crippen LogP) is 9.83. The smallest absolute Gasteiger partial charge is 0.0172 e. The lowest BCUT2D eigenvalue weighted by atomic mass is 9.80. The van der Waals surface area contributed by atoms with Crippen molar-refractivity contribution >= 4 is 22.9 Å². The summed E-state index contributed by atoms with van der Waals surface area (Å²) in [5.41, 5.74) is 0. The summed E-state index contributed by atoms with van der Waals surface area (Å²) in [5, 5.41) is 0. The van der Waals surface area contributed by atoms with Gasteiger partial charge in [0.15, 0.2) is 0 Å². The molecule has 29 heavy (non-hydrogen) atoms. The number of rotatable bonds is 19. The van der Waals surface area contributed by atoms with E-state index in [4.69, 9.17) is 0 Å². The molecule has 1 N–H and O–H groups in total. The summed E-state index contributed by atoms with van der Waals surface area (Å²) in [6.45, 7) is 19.3. The lowest BCUT2D eigenvalue weighted by molar-refractivity contribution is 0.243. The van der Waals surface area contributed by atoms with Gasteiger partial charge in [-0.3, -0.25) is 3.53 Å². The Morgan fingerprint density at radius 2 is 0.828 bits per heavy atom. The molecule has 0 radical (unpaired) electrons. The van der Waals surface area contributed by atoms with Gasteiger partial charge in [-0.2, -0.15) is 0 Å². The number of halogens is 1. The summed E-state index contributed by atoms with van der Waals surface area (Å²) in [5.74, 6) is 5.20. The van der Waals surface area contributed by atoms with Gasteiger partial charge in [0.2, 0.25) is 0 Å². The fraction of sp³-hybridized carbons (Fsp3) is 1.00. The van der Waals surface area contributed by atoms with Crippen molar-refractivity contribution in [3.63, 3.8) is 0 Å². The van der Waals surface area contributed by atoms with Crippen molar-refractivity contribution < 1.29 is 0 Å². The lowest BCUT2D eigenvalue weighted by Gasteiger charge is -2.26. The second-order valence-electron chi connectivity index (χ2n) is 10.9. The van der Waals surface area contributed by atoms with Gasteiger partial charge in [0.25, 0.3) is 0 Å². The molecule has 0 saturated carbocycles. The van der Waals surface area contributed by atoms with Crippen LogP contribution in [-0.2, 0) is 0 Å². The highest BCUT2D eigenvalue weighted by atomic mass is 127. The normalized spacial score (nSPS) is 18.4. The summed E-state index contributed by atoms with van der Waals surface area (Å²) in [6, 6.07) is 0.640. The molecule has 0 fully saturated rings. The van der Waals surface area contributed by atoms with E-state index in [2.05, 4.69) is 81.8 Å². The van der Waals surface area contributed by atoms with E-state index >= 15 is 0 Å². The van der Waals surface area contributed by atoms with Crippen LogP contribution in [0.2, 0.25) is 0 Å². The molecule has 0 aliphatic carbocycles. The third-order valence-corrected chi connectivity index (χ3v) is 9.08. The molecule has 0 spiro atoms. The Labute approximate surface area is 199 Å². The Balaban J connectivity index is 3.71. The Morgan fingerprint density at radius 1 is 0.483 bits per heavy atom. The van der Waals surface area contributed by atoms with Gasteiger partial charge in [-0.25, -0.2) is 0 Å². The number of nitrogens with one attached hydrogen (secondary N) is 1. The molecule has 0 aromatic carbocycles. The zero-order valence-corrected chi connectivity index (χ0v) is 23.6. The molecule has 0 aromatic rings. The van der Waals surface area contributed by atoms with Crippen molar-refractivity contribution in [2.45, 2.75) is 138 Å². The molecule has 0 amide bonds. The fourth-order valence-corrected chi connectivity index (χ4v) is 4.96.